The Bertz CT molecular complexity index is 637. The zero-order chi connectivity index (χ0) is 20.0. The summed E-state index contributed by atoms with van der Waals surface area (Å²) in [6.45, 7) is 23.2. The van der Waals surface area contributed by atoms with Crippen molar-refractivity contribution >= 4 is 16.6 Å². The van der Waals surface area contributed by atoms with Gasteiger partial charge in [0.15, 0.2) is 8.32 Å². The smallest absolute Gasteiger partial charge is 0.250 e. The van der Waals surface area contributed by atoms with Crippen molar-refractivity contribution in [1.29, 1.82) is 0 Å². The van der Waals surface area contributed by atoms with Gasteiger partial charge in [0, 0.05) is 0 Å². The maximum absolute atomic E-state index is 6.82. The Kier molecular flexibility index (Phi) is 5.93. The van der Waals surface area contributed by atoms with E-state index in [9.17, 15) is 0 Å². The molecule has 0 aromatic heterocycles. The van der Waals surface area contributed by atoms with Crippen molar-refractivity contribution in [3.8, 4) is 5.75 Å². The maximum Gasteiger partial charge on any atom is 0.250 e. The van der Waals surface area contributed by atoms with E-state index in [1.165, 1.54) is 17.5 Å². The van der Waals surface area contributed by atoms with Gasteiger partial charge >= 0.3 is 0 Å². The Morgan fingerprint density at radius 3 is 2.00 bits per heavy atom. The van der Waals surface area contributed by atoms with Gasteiger partial charge in [0.2, 0.25) is 8.32 Å². The first-order chi connectivity index (χ1) is 11.7. The SMILES string of the molecule is CC(C)(C)[Si](C)(C)Oc1cccc2c1CCCC2O[Si](C)(C)C(C)(C)C. The summed E-state index contributed by atoms with van der Waals surface area (Å²) in [4.78, 5) is 0. The van der Waals surface area contributed by atoms with Crippen LogP contribution in [0.4, 0.5) is 0 Å². The lowest BCUT2D eigenvalue weighted by Crippen LogP contribution is -2.44. The zero-order valence-electron chi connectivity index (χ0n) is 18.7. The van der Waals surface area contributed by atoms with Crippen LogP contribution in [0.3, 0.4) is 0 Å². The first kappa shape index (κ1) is 21.7. The van der Waals surface area contributed by atoms with Crippen LogP contribution in [0, 0.1) is 0 Å². The average molecular weight is 393 g/mol. The zero-order valence-corrected chi connectivity index (χ0v) is 20.7. The summed E-state index contributed by atoms with van der Waals surface area (Å²) in [6.07, 6.45) is 3.65. The van der Waals surface area contributed by atoms with Crippen LogP contribution in [0.2, 0.25) is 36.3 Å². The second-order valence-corrected chi connectivity index (χ2v) is 20.4. The van der Waals surface area contributed by atoms with E-state index >= 15 is 0 Å². The summed E-state index contributed by atoms with van der Waals surface area (Å²) < 4.78 is 13.5. The molecule has 1 atom stereocenters. The Morgan fingerprint density at radius 1 is 0.885 bits per heavy atom. The third-order valence-corrected chi connectivity index (χ3v) is 15.7. The quantitative estimate of drug-likeness (QED) is 0.495. The van der Waals surface area contributed by atoms with Gasteiger partial charge in [0.05, 0.1) is 6.10 Å². The van der Waals surface area contributed by atoms with Gasteiger partial charge in [-0.1, -0.05) is 53.7 Å². The second-order valence-electron chi connectivity index (χ2n) is 10.9. The van der Waals surface area contributed by atoms with E-state index < -0.39 is 16.6 Å². The van der Waals surface area contributed by atoms with Crippen LogP contribution in [-0.4, -0.2) is 16.6 Å². The third kappa shape index (κ3) is 4.45. The van der Waals surface area contributed by atoms with E-state index in [4.69, 9.17) is 8.85 Å². The number of hydrogen-bond donors (Lipinski definition) is 0. The molecule has 0 heterocycles. The lowest BCUT2D eigenvalue weighted by Gasteiger charge is -2.42. The van der Waals surface area contributed by atoms with Gasteiger partial charge in [-0.15, -0.1) is 0 Å². The lowest BCUT2D eigenvalue weighted by molar-refractivity contribution is 0.162. The number of benzene rings is 1. The molecule has 0 bridgehead atoms. The van der Waals surface area contributed by atoms with E-state index in [0.717, 1.165) is 18.6 Å². The second kappa shape index (κ2) is 7.10. The number of hydrogen-bond acceptors (Lipinski definition) is 2. The van der Waals surface area contributed by atoms with Gasteiger partial charge in [0.25, 0.3) is 0 Å². The van der Waals surface area contributed by atoms with Crippen molar-refractivity contribution in [3.63, 3.8) is 0 Å². The fourth-order valence-corrected chi connectivity index (χ4v) is 5.31. The molecule has 148 valence electrons. The van der Waals surface area contributed by atoms with Crippen LogP contribution < -0.4 is 4.43 Å². The number of fused-ring (bicyclic) bond motifs is 1. The molecule has 0 N–H and O–H groups in total. The molecule has 2 rings (SSSR count). The molecular weight excluding hydrogens is 352 g/mol. The molecule has 0 amide bonds. The Morgan fingerprint density at radius 2 is 1.46 bits per heavy atom. The summed E-state index contributed by atoms with van der Waals surface area (Å²) in [5.74, 6) is 1.11. The molecule has 1 aliphatic carbocycles. The molecule has 1 aliphatic rings. The molecule has 1 aromatic carbocycles. The van der Waals surface area contributed by atoms with Gasteiger partial charge in [0.1, 0.15) is 5.75 Å². The predicted molar refractivity (Wildman–Crippen MR) is 118 cm³/mol. The predicted octanol–water partition coefficient (Wildman–Crippen LogP) is 7.47. The van der Waals surface area contributed by atoms with Crippen LogP contribution in [0.25, 0.3) is 0 Å². The molecule has 0 fully saturated rings. The van der Waals surface area contributed by atoms with Crippen molar-refractivity contribution in [3.05, 3.63) is 29.3 Å². The van der Waals surface area contributed by atoms with Crippen molar-refractivity contribution in [2.75, 3.05) is 0 Å². The van der Waals surface area contributed by atoms with Gasteiger partial charge in [-0.25, -0.2) is 0 Å². The molecule has 0 spiro atoms. The largest absolute Gasteiger partial charge is 0.543 e. The summed E-state index contributed by atoms with van der Waals surface area (Å²) >= 11 is 0. The van der Waals surface area contributed by atoms with E-state index in [0.29, 0.717) is 0 Å². The maximum atomic E-state index is 6.82. The first-order valence-corrected chi connectivity index (χ1v) is 16.0. The Hall–Kier alpha value is -0.586. The summed E-state index contributed by atoms with van der Waals surface area (Å²) in [6, 6.07) is 6.60. The van der Waals surface area contributed by atoms with Crippen molar-refractivity contribution in [2.45, 2.75) is 103 Å². The highest BCUT2D eigenvalue weighted by atomic mass is 28.4. The summed E-state index contributed by atoms with van der Waals surface area (Å²) in [7, 11) is -3.62. The first-order valence-electron chi connectivity index (χ1n) is 10.1. The van der Waals surface area contributed by atoms with E-state index in [-0.39, 0.29) is 16.2 Å². The highest BCUT2D eigenvalue weighted by Crippen LogP contribution is 2.45. The van der Waals surface area contributed by atoms with Crippen LogP contribution in [0.15, 0.2) is 18.2 Å². The van der Waals surface area contributed by atoms with Gasteiger partial charge in [-0.3, -0.25) is 0 Å². The minimum absolute atomic E-state index is 0.210. The molecule has 4 heteroatoms. The van der Waals surface area contributed by atoms with Crippen LogP contribution in [0.5, 0.6) is 5.75 Å². The van der Waals surface area contributed by atoms with Gasteiger partial charge in [-0.05, 0) is 72.7 Å². The molecule has 0 saturated heterocycles. The van der Waals surface area contributed by atoms with Crippen molar-refractivity contribution < 1.29 is 8.85 Å². The molecule has 0 aliphatic heterocycles. The van der Waals surface area contributed by atoms with Crippen molar-refractivity contribution in [1.82, 2.24) is 0 Å². The topological polar surface area (TPSA) is 18.5 Å². The van der Waals surface area contributed by atoms with E-state index in [1.807, 2.05) is 0 Å². The van der Waals surface area contributed by atoms with Crippen LogP contribution >= 0.6 is 0 Å². The monoisotopic (exact) mass is 392 g/mol. The molecule has 2 nitrogen and oxygen atoms in total. The average Bonchev–Trinajstić information content (AvgIpc) is 2.45. The highest BCUT2D eigenvalue weighted by Gasteiger charge is 2.42. The van der Waals surface area contributed by atoms with Crippen molar-refractivity contribution in [2.24, 2.45) is 0 Å². The minimum Gasteiger partial charge on any atom is -0.543 e. The van der Waals surface area contributed by atoms with Gasteiger partial charge < -0.3 is 8.85 Å². The normalized spacial score (nSPS) is 19.2. The van der Waals surface area contributed by atoms with Crippen LogP contribution in [0.1, 0.15) is 71.6 Å². The Labute approximate surface area is 164 Å². The fraction of sp³-hybridized carbons (Fsp3) is 0.727. The lowest BCUT2D eigenvalue weighted by atomic mass is 9.89. The summed E-state index contributed by atoms with van der Waals surface area (Å²) in [5.41, 5.74) is 2.77. The minimum atomic E-state index is -1.84. The molecular formula is C22H40O2Si2. The van der Waals surface area contributed by atoms with Gasteiger partial charge in [-0.2, -0.15) is 0 Å². The summed E-state index contributed by atoms with van der Waals surface area (Å²) in [5, 5.41) is 0.446. The highest BCUT2D eigenvalue weighted by molar-refractivity contribution is 6.75. The Balaban J connectivity index is 2.35. The molecule has 0 saturated carbocycles. The standard InChI is InChI=1S/C22H40O2Si2/c1-21(2,3)25(7,8)23-19-15-11-14-18-17(19)13-12-16-20(18)24-26(9,10)22(4,5)6/h11,14-15,20H,12-13,16H2,1-10H3. The molecule has 1 aromatic rings. The van der Waals surface area contributed by atoms with E-state index in [2.05, 4.69) is 85.9 Å². The fourth-order valence-electron chi connectivity index (χ4n) is 2.95. The molecule has 1 unspecified atom stereocenters. The number of rotatable bonds is 4. The van der Waals surface area contributed by atoms with Crippen LogP contribution in [-0.2, 0) is 10.8 Å². The van der Waals surface area contributed by atoms with E-state index in [1.54, 1.807) is 0 Å². The molecule has 26 heavy (non-hydrogen) atoms. The third-order valence-electron chi connectivity index (χ3n) is 6.82. The molecule has 0 radical (unpaired) electrons.